The minimum atomic E-state index is -0.314. The number of benzene rings is 2. The second kappa shape index (κ2) is 13.0. The molecule has 2 fully saturated rings. The highest BCUT2D eigenvalue weighted by Crippen LogP contribution is 2.48. The van der Waals surface area contributed by atoms with E-state index in [1.54, 1.807) is 12.1 Å². The zero-order valence-corrected chi connectivity index (χ0v) is 21.9. The largest absolute Gasteiger partial charge is 0.207 e. The van der Waals surface area contributed by atoms with Gasteiger partial charge in [-0.25, -0.2) is 8.78 Å². The molecule has 4 atom stereocenters. The lowest BCUT2D eigenvalue weighted by Gasteiger charge is -2.42. The van der Waals surface area contributed by atoms with Crippen molar-refractivity contribution in [2.75, 3.05) is 0 Å². The lowest BCUT2D eigenvalue weighted by molar-refractivity contribution is 0.114. The van der Waals surface area contributed by atoms with E-state index in [9.17, 15) is 4.39 Å². The van der Waals surface area contributed by atoms with Gasteiger partial charge in [-0.1, -0.05) is 54.7 Å². The summed E-state index contributed by atoms with van der Waals surface area (Å²) in [6.07, 6.45) is 20.2. The summed E-state index contributed by atoms with van der Waals surface area (Å²) in [7, 11) is 0. The molecule has 0 radical (unpaired) electrons. The van der Waals surface area contributed by atoms with Crippen molar-refractivity contribution >= 4 is 0 Å². The van der Waals surface area contributed by atoms with Crippen molar-refractivity contribution in [3.05, 3.63) is 94.6 Å². The van der Waals surface area contributed by atoms with E-state index >= 15 is 4.39 Å². The van der Waals surface area contributed by atoms with Crippen LogP contribution in [0.4, 0.5) is 8.78 Å². The van der Waals surface area contributed by atoms with Crippen LogP contribution in [0.1, 0.15) is 99.8 Å². The van der Waals surface area contributed by atoms with Gasteiger partial charge in [-0.2, -0.15) is 0 Å². The Balaban J connectivity index is 1.36. The summed E-state index contributed by atoms with van der Waals surface area (Å²) in [6, 6.07) is 10.6. The van der Waals surface area contributed by atoms with Gasteiger partial charge in [-0.15, -0.1) is 0 Å². The minimum Gasteiger partial charge on any atom is -0.207 e. The lowest BCUT2D eigenvalue weighted by atomic mass is 9.63. The molecule has 0 aliphatic heterocycles. The number of hydrogen-bond acceptors (Lipinski definition) is 0. The van der Waals surface area contributed by atoms with Crippen LogP contribution in [0.5, 0.6) is 0 Å². The van der Waals surface area contributed by atoms with E-state index in [1.165, 1.54) is 44.6 Å². The van der Waals surface area contributed by atoms with E-state index in [1.807, 2.05) is 31.2 Å². The van der Waals surface area contributed by atoms with E-state index in [0.29, 0.717) is 17.0 Å². The van der Waals surface area contributed by atoms with E-state index < -0.39 is 0 Å². The summed E-state index contributed by atoms with van der Waals surface area (Å²) in [6.45, 7) is 4.08. The molecule has 4 unspecified atom stereocenters. The summed E-state index contributed by atoms with van der Waals surface area (Å²) in [5.41, 5.74) is 2.76. The number of aryl methyl sites for hydroxylation is 1. The Labute approximate surface area is 216 Å². The van der Waals surface area contributed by atoms with Crippen LogP contribution in [0, 0.1) is 41.2 Å². The number of fused-ring (bicyclic) bond motifs is 1. The average molecular weight is 487 g/mol. The molecule has 2 saturated carbocycles. The van der Waals surface area contributed by atoms with Gasteiger partial charge < -0.3 is 0 Å². The molecule has 0 N–H and O–H groups in total. The Morgan fingerprint density at radius 2 is 1.58 bits per heavy atom. The number of rotatable bonds is 7. The second-order valence-corrected chi connectivity index (χ2v) is 10.8. The van der Waals surface area contributed by atoms with Crippen LogP contribution >= 0.6 is 0 Å². The lowest BCUT2D eigenvalue weighted by Crippen LogP contribution is -2.30. The predicted octanol–water partition coefficient (Wildman–Crippen LogP) is 9.53. The Morgan fingerprint density at radius 1 is 0.806 bits per heavy atom. The molecule has 2 heteroatoms. The van der Waals surface area contributed by atoms with Gasteiger partial charge in [-0.05, 0) is 131 Å². The first-order valence-corrected chi connectivity index (χ1v) is 13.9. The van der Waals surface area contributed by atoms with Crippen LogP contribution < -0.4 is 0 Å². The van der Waals surface area contributed by atoms with Crippen LogP contribution in [0.15, 0.2) is 60.7 Å². The highest BCUT2D eigenvalue weighted by molar-refractivity contribution is 5.45. The number of allylic oxidation sites excluding steroid dienone is 4. The van der Waals surface area contributed by atoms with Crippen LogP contribution in [0.25, 0.3) is 0 Å². The highest BCUT2D eigenvalue weighted by Gasteiger charge is 2.36. The third-order valence-electron chi connectivity index (χ3n) is 8.35. The SMILES string of the molecule is C/C=C/CCc1ccc(C#Cc2ccc(C3CCC4CC(CC/C=C/C)CCC4C3)c(F)c2)c(F)c1. The number of halogens is 2. The Hall–Kier alpha value is -2.66. The molecule has 4 rings (SSSR count). The summed E-state index contributed by atoms with van der Waals surface area (Å²) in [5.74, 6) is 8.13. The monoisotopic (exact) mass is 486 g/mol. The first-order valence-electron chi connectivity index (χ1n) is 13.9. The Morgan fingerprint density at radius 3 is 2.36 bits per heavy atom. The quantitative estimate of drug-likeness (QED) is 0.270. The maximum atomic E-state index is 15.1. The van der Waals surface area contributed by atoms with Gasteiger partial charge in [0.15, 0.2) is 0 Å². The fraction of sp³-hybridized carbons (Fsp3) is 0.471. The molecule has 0 bridgehead atoms. The molecule has 0 aromatic heterocycles. The molecule has 0 amide bonds. The van der Waals surface area contributed by atoms with E-state index in [-0.39, 0.29) is 11.6 Å². The van der Waals surface area contributed by atoms with Crippen molar-refractivity contribution in [2.45, 2.75) is 84.0 Å². The van der Waals surface area contributed by atoms with Crippen LogP contribution in [-0.4, -0.2) is 0 Å². The first kappa shape index (κ1) is 26.4. The molecule has 2 aliphatic rings. The third-order valence-corrected chi connectivity index (χ3v) is 8.35. The standard InChI is InChI=1S/C34H40F2/c1-3-5-7-9-25-13-17-30-24-31(19-18-29(30)21-25)32-20-14-27(23-34(32)36)12-16-28-15-11-26(22-33(28)35)10-8-6-4-2/h3-6,11,14-15,20,22-23,25,29-31H,7-10,13,17-19,21,24H2,1-2H3/b5-3+,6-4+. The minimum absolute atomic E-state index is 0.162. The smallest absolute Gasteiger partial charge is 0.139 e. The zero-order chi connectivity index (χ0) is 25.3. The summed E-state index contributed by atoms with van der Waals surface area (Å²) in [5, 5.41) is 0. The van der Waals surface area contributed by atoms with E-state index in [2.05, 4.69) is 37.0 Å². The van der Waals surface area contributed by atoms with Gasteiger partial charge in [0.05, 0.1) is 5.56 Å². The van der Waals surface area contributed by atoms with Gasteiger partial charge in [0, 0.05) is 5.56 Å². The van der Waals surface area contributed by atoms with E-state index in [4.69, 9.17) is 0 Å². The van der Waals surface area contributed by atoms with Crippen LogP contribution in [0.2, 0.25) is 0 Å². The molecule has 2 aromatic carbocycles. The first-order chi connectivity index (χ1) is 17.6. The van der Waals surface area contributed by atoms with Gasteiger partial charge in [0.25, 0.3) is 0 Å². The van der Waals surface area contributed by atoms with E-state index in [0.717, 1.165) is 54.6 Å². The average Bonchev–Trinajstić information content (AvgIpc) is 2.88. The maximum Gasteiger partial charge on any atom is 0.139 e. The van der Waals surface area contributed by atoms with Gasteiger partial charge >= 0.3 is 0 Å². The molecule has 0 saturated heterocycles. The van der Waals surface area contributed by atoms with Crippen molar-refractivity contribution in [3.8, 4) is 11.8 Å². The van der Waals surface area contributed by atoms with Crippen LogP contribution in [-0.2, 0) is 6.42 Å². The molecular weight excluding hydrogens is 446 g/mol. The molecule has 0 nitrogen and oxygen atoms in total. The van der Waals surface area contributed by atoms with Crippen molar-refractivity contribution in [1.29, 1.82) is 0 Å². The van der Waals surface area contributed by atoms with Crippen molar-refractivity contribution in [1.82, 2.24) is 0 Å². The second-order valence-electron chi connectivity index (χ2n) is 10.8. The molecular formula is C34H40F2. The third kappa shape index (κ3) is 6.97. The molecule has 2 aliphatic carbocycles. The molecule has 190 valence electrons. The Bertz CT molecular complexity index is 1130. The van der Waals surface area contributed by atoms with Crippen LogP contribution in [0.3, 0.4) is 0 Å². The Kier molecular flexibility index (Phi) is 9.57. The summed E-state index contributed by atoms with van der Waals surface area (Å²) < 4.78 is 29.6. The molecule has 36 heavy (non-hydrogen) atoms. The molecule has 0 heterocycles. The van der Waals surface area contributed by atoms with Gasteiger partial charge in [0.1, 0.15) is 11.6 Å². The van der Waals surface area contributed by atoms with Gasteiger partial charge in [-0.3, -0.25) is 0 Å². The zero-order valence-electron chi connectivity index (χ0n) is 21.9. The summed E-state index contributed by atoms with van der Waals surface area (Å²) in [4.78, 5) is 0. The van der Waals surface area contributed by atoms with Crippen molar-refractivity contribution in [3.63, 3.8) is 0 Å². The van der Waals surface area contributed by atoms with Crippen molar-refractivity contribution < 1.29 is 8.78 Å². The number of hydrogen-bond donors (Lipinski definition) is 0. The van der Waals surface area contributed by atoms with Crippen molar-refractivity contribution in [2.24, 2.45) is 17.8 Å². The summed E-state index contributed by atoms with van der Waals surface area (Å²) >= 11 is 0. The fourth-order valence-electron chi connectivity index (χ4n) is 6.34. The maximum absolute atomic E-state index is 15.1. The fourth-order valence-corrected chi connectivity index (χ4v) is 6.34. The topological polar surface area (TPSA) is 0 Å². The molecule has 0 spiro atoms. The highest BCUT2D eigenvalue weighted by atomic mass is 19.1. The van der Waals surface area contributed by atoms with Gasteiger partial charge in [0.2, 0.25) is 0 Å². The predicted molar refractivity (Wildman–Crippen MR) is 147 cm³/mol. The normalized spacial score (nSPS) is 24.0. The molecule has 2 aromatic rings.